The summed E-state index contributed by atoms with van der Waals surface area (Å²) in [7, 11) is 3.10. The summed E-state index contributed by atoms with van der Waals surface area (Å²) < 4.78 is 10.1. The Morgan fingerprint density at radius 2 is 1.88 bits per heavy atom. The van der Waals surface area contributed by atoms with E-state index in [2.05, 4.69) is 15.3 Å². The maximum Gasteiger partial charge on any atom is 0.229 e. The lowest BCUT2D eigenvalue weighted by atomic mass is 10.2. The molecule has 1 atom stereocenters. The molecule has 1 aromatic rings. The molecule has 0 spiro atoms. The number of methoxy groups -OCH3 is 2. The highest BCUT2D eigenvalue weighted by molar-refractivity contribution is 5.34. The highest BCUT2D eigenvalue weighted by Crippen LogP contribution is 2.17. The SMILES string of the molecule is COc1cc(OC)nc(NC(C)CCN)n1. The number of hydrogen-bond acceptors (Lipinski definition) is 6. The molecule has 0 amide bonds. The summed E-state index contributed by atoms with van der Waals surface area (Å²) in [5.41, 5.74) is 5.47. The number of rotatable bonds is 6. The zero-order valence-electron chi connectivity index (χ0n) is 9.86. The van der Waals surface area contributed by atoms with Crippen LogP contribution < -0.4 is 20.5 Å². The van der Waals surface area contributed by atoms with Crippen LogP contribution in [-0.4, -0.2) is 36.8 Å². The summed E-state index contributed by atoms with van der Waals surface area (Å²) in [4.78, 5) is 8.31. The standard InChI is InChI=1S/C10H18N4O2/c1-7(4-5-11)12-10-13-8(15-2)6-9(14-10)16-3/h6-7H,4-5,11H2,1-3H3,(H,12,13,14). The van der Waals surface area contributed by atoms with Crippen molar-refractivity contribution in [3.63, 3.8) is 0 Å². The molecule has 0 radical (unpaired) electrons. The molecule has 0 bridgehead atoms. The van der Waals surface area contributed by atoms with Gasteiger partial charge in [-0.15, -0.1) is 0 Å². The zero-order valence-corrected chi connectivity index (χ0v) is 9.86. The minimum Gasteiger partial charge on any atom is -0.481 e. The fourth-order valence-electron chi connectivity index (χ4n) is 1.22. The fraction of sp³-hybridized carbons (Fsp3) is 0.600. The van der Waals surface area contributed by atoms with Crippen LogP contribution in [0, 0.1) is 0 Å². The van der Waals surface area contributed by atoms with Crippen molar-refractivity contribution in [3.8, 4) is 11.8 Å². The van der Waals surface area contributed by atoms with Gasteiger partial charge in [-0.05, 0) is 19.9 Å². The molecule has 0 saturated carbocycles. The predicted molar refractivity (Wildman–Crippen MR) is 61.9 cm³/mol. The molecule has 0 aromatic carbocycles. The molecule has 16 heavy (non-hydrogen) atoms. The fourth-order valence-corrected chi connectivity index (χ4v) is 1.22. The normalized spacial score (nSPS) is 12.0. The van der Waals surface area contributed by atoms with E-state index in [0.717, 1.165) is 6.42 Å². The van der Waals surface area contributed by atoms with Gasteiger partial charge in [-0.3, -0.25) is 0 Å². The molecular formula is C10H18N4O2. The third-order valence-corrected chi connectivity index (χ3v) is 2.07. The highest BCUT2D eigenvalue weighted by Gasteiger charge is 2.07. The molecule has 1 unspecified atom stereocenters. The van der Waals surface area contributed by atoms with E-state index in [0.29, 0.717) is 24.3 Å². The van der Waals surface area contributed by atoms with E-state index in [1.165, 1.54) is 0 Å². The lowest BCUT2D eigenvalue weighted by Gasteiger charge is -2.13. The van der Waals surface area contributed by atoms with Gasteiger partial charge in [-0.2, -0.15) is 9.97 Å². The van der Waals surface area contributed by atoms with Gasteiger partial charge in [0, 0.05) is 6.04 Å². The molecule has 1 rings (SSSR count). The monoisotopic (exact) mass is 226 g/mol. The third-order valence-electron chi connectivity index (χ3n) is 2.07. The first kappa shape index (κ1) is 12.5. The van der Waals surface area contributed by atoms with E-state index < -0.39 is 0 Å². The quantitative estimate of drug-likeness (QED) is 0.741. The van der Waals surface area contributed by atoms with Gasteiger partial charge < -0.3 is 20.5 Å². The molecule has 0 saturated heterocycles. The molecule has 1 aromatic heterocycles. The molecule has 0 aliphatic heterocycles. The highest BCUT2D eigenvalue weighted by atomic mass is 16.5. The second-order valence-corrected chi connectivity index (χ2v) is 3.40. The van der Waals surface area contributed by atoms with Gasteiger partial charge in [0.05, 0.1) is 20.3 Å². The Bertz CT molecular complexity index is 310. The maximum absolute atomic E-state index is 5.47. The van der Waals surface area contributed by atoms with Crippen molar-refractivity contribution in [1.82, 2.24) is 9.97 Å². The van der Waals surface area contributed by atoms with Gasteiger partial charge in [0.1, 0.15) is 0 Å². The molecule has 6 heteroatoms. The number of hydrogen-bond donors (Lipinski definition) is 2. The maximum atomic E-state index is 5.47. The van der Waals surface area contributed by atoms with Crippen molar-refractivity contribution >= 4 is 5.95 Å². The van der Waals surface area contributed by atoms with Gasteiger partial charge in [-0.25, -0.2) is 0 Å². The lowest BCUT2D eigenvalue weighted by Crippen LogP contribution is -2.20. The Morgan fingerprint density at radius 3 is 2.31 bits per heavy atom. The van der Waals surface area contributed by atoms with Crippen LogP contribution in [0.15, 0.2) is 6.07 Å². The van der Waals surface area contributed by atoms with E-state index in [1.807, 2.05) is 6.92 Å². The van der Waals surface area contributed by atoms with Crippen LogP contribution in [-0.2, 0) is 0 Å². The third kappa shape index (κ3) is 3.54. The minimum atomic E-state index is 0.210. The van der Waals surface area contributed by atoms with Gasteiger partial charge in [0.15, 0.2) is 0 Å². The van der Waals surface area contributed by atoms with Crippen molar-refractivity contribution in [2.24, 2.45) is 5.73 Å². The predicted octanol–water partition coefficient (Wildman–Crippen LogP) is 0.643. The molecule has 0 fully saturated rings. The molecule has 3 N–H and O–H groups in total. The van der Waals surface area contributed by atoms with Gasteiger partial charge in [0.2, 0.25) is 17.7 Å². The Balaban J connectivity index is 2.78. The lowest BCUT2D eigenvalue weighted by molar-refractivity contribution is 0.372. The Labute approximate surface area is 95.2 Å². The number of nitrogens with one attached hydrogen (secondary N) is 1. The second kappa shape index (κ2) is 6.12. The van der Waals surface area contributed by atoms with Crippen molar-refractivity contribution < 1.29 is 9.47 Å². The van der Waals surface area contributed by atoms with Crippen molar-refractivity contribution in [2.75, 3.05) is 26.1 Å². The summed E-state index contributed by atoms with van der Waals surface area (Å²) >= 11 is 0. The Morgan fingerprint density at radius 1 is 1.31 bits per heavy atom. The van der Waals surface area contributed by atoms with Crippen LogP contribution in [0.1, 0.15) is 13.3 Å². The van der Waals surface area contributed by atoms with Gasteiger partial charge >= 0.3 is 0 Å². The van der Waals surface area contributed by atoms with Crippen molar-refractivity contribution in [2.45, 2.75) is 19.4 Å². The van der Waals surface area contributed by atoms with Crippen LogP contribution >= 0.6 is 0 Å². The van der Waals surface area contributed by atoms with Crippen LogP contribution in [0.4, 0.5) is 5.95 Å². The van der Waals surface area contributed by atoms with E-state index >= 15 is 0 Å². The van der Waals surface area contributed by atoms with E-state index in [-0.39, 0.29) is 6.04 Å². The largest absolute Gasteiger partial charge is 0.481 e. The van der Waals surface area contributed by atoms with Crippen LogP contribution in [0.25, 0.3) is 0 Å². The zero-order chi connectivity index (χ0) is 12.0. The summed E-state index contributed by atoms with van der Waals surface area (Å²) in [5, 5.41) is 3.13. The summed E-state index contributed by atoms with van der Waals surface area (Å²) in [6.07, 6.45) is 0.850. The summed E-state index contributed by atoms with van der Waals surface area (Å²) in [6.45, 7) is 2.64. The van der Waals surface area contributed by atoms with E-state index in [9.17, 15) is 0 Å². The molecule has 6 nitrogen and oxygen atoms in total. The molecule has 0 aliphatic carbocycles. The Kier molecular flexibility index (Phi) is 4.78. The van der Waals surface area contributed by atoms with Crippen LogP contribution in [0.3, 0.4) is 0 Å². The second-order valence-electron chi connectivity index (χ2n) is 3.40. The van der Waals surface area contributed by atoms with E-state index in [1.54, 1.807) is 20.3 Å². The number of nitrogens with two attached hydrogens (primary N) is 1. The summed E-state index contributed by atoms with van der Waals surface area (Å²) in [6, 6.07) is 1.83. The number of nitrogens with zero attached hydrogens (tertiary/aromatic N) is 2. The molecule has 1 heterocycles. The van der Waals surface area contributed by atoms with Crippen molar-refractivity contribution in [1.29, 1.82) is 0 Å². The van der Waals surface area contributed by atoms with Crippen LogP contribution in [0.5, 0.6) is 11.8 Å². The summed E-state index contributed by atoms with van der Waals surface area (Å²) in [5.74, 6) is 1.42. The first-order valence-electron chi connectivity index (χ1n) is 5.13. The topological polar surface area (TPSA) is 82.3 Å². The first-order valence-corrected chi connectivity index (χ1v) is 5.13. The number of ether oxygens (including phenoxy) is 2. The number of anilines is 1. The van der Waals surface area contributed by atoms with Crippen molar-refractivity contribution in [3.05, 3.63) is 6.07 Å². The molecular weight excluding hydrogens is 208 g/mol. The average Bonchev–Trinajstić information content (AvgIpc) is 2.28. The number of aromatic nitrogens is 2. The molecule has 0 aliphatic rings. The smallest absolute Gasteiger partial charge is 0.229 e. The van der Waals surface area contributed by atoms with Gasteiger partial charge in [0.25, 0.3) is 0 Å². The first-order chi connectivity index (χ1) is 7.69. The van der Waals surface area contributed by atoms with Crippen LogP contribution in [0.2, 0.25) is 0 Å². The average molecular weight is 226 g/mol. The Hall–Kier alpha value is -1.56. The van der Waals surface area contributed by atoms with Gasteiger partial charge in [-0.1, -0.05) is 0 Å². The van der Waals surface area contributed by atoms with E-state index in [4.69, 9.17) is 15.2 Å². The molecule has 90 valence electrons. The minimum absolute atomic E-state index is 0.210.